The molecule has 2 aromatic carbocycles. The van der Waals surface area contributed by atoms with Gasteiger partial charge >= 0.3 is 6.18 Å². The summed E-state index contributed by atoms with van der Waals surface area (Å²) in [4.78, 5) is 4.63. The maximum absolute atomic E-state index is 12.5. The first-order valence-corrected chi connectivity index (χ1v) is 6.85. The molecule has 2 aromatic rings. The average Bonchev–Trinajstić information content (AvgIpc) is 2.58. The van der Waals surface area contributed by atoms with E-state index in [9.17, 15) is 13.2 Å². The van der Waals surface area contributed by atoms with Crippen molar-refractivity contribution in [1.82, 2.24) is 0 Å². The fourth-order valence-electron chi connectivity index (χ4n) is 2.00. The van der Waals surface area contributed by atoms with Crippen molar-refractivity contribution < 1.29 is 22.7 Å². The van der Waals surface area contributed by atoms with Gasteiger partial charge < -0.3 is 9.57 Å². The number of nitriles is 1. The molecule has 0 atom stereocenters. The molecule has 0 radical (unpaired) electrons. The molecule has 0 saturated carbocycles. The first-order valence-electron chi connectivity index (χ1n) is 6.85. The molecule has 2 rings (SSSR count). The van der Waals surface area contributed by atoms with Crippen LogP contribution in [0.5, 0.6) is 5.75 Å². The normalized spacial score (nSPS) is 11.7. The Morgan fingerprint density at radius 2 is 1.79 bits per heavy atom. The first-order chi connectivity index (χ1) is 11.5. The molecule has 4 nitrogen and oxygen atoms in total. The van der Waals surface area contributed by atoms with Crippen molar-refractivity contribution >= 4 is 5.71 Å². The number of ether oxygens (including phenoxy) is 1. The third-order valence-electron chi connectivity index (χ3n) is 3.14. The van der Waals surface area contributed by atoms with Gasteiger partial charge in [0.2, 0.25) is 0 Å². The van der Waals surface area contributed by atoms with Gasteiger partial charge in [-0.25, -0.2) is 0 Å². The topological polar surface area (TPSA) is 54.6 Å². The van der Waals surface area contributed by atoms with Crippen molar-refractivity contribution in [2.45, 2.75) is 12.8 Å². The predicted octanol–water partition coefficient (Wildman–Crippen LogP) is 4.16. The number of nitrogens with zero attached hydrogens (tertiary/aromatic N) is 2. The van der Waals surface area contributed by atoms with Crippen LogP contribution >= 0.6 is 0 Å². The van der Waals surface area contributed by atoms with Crippen LogP contribution in [0.15, 0.2) is 53.7 Å². The van der Waals surface area contributed by atoms with Gasteiger partial charge in [0.15, 0.2) is 5.71 Å². The van der Waals surface area contributed by atoms with Crippen molar-refractivity contribution in [2.75, 3.05) is 7.11 Å². The van der Waals surface area contributed by atoms with E-state index < -0.39 is 11.7 Å². The van der Waals surface area contributed by atoms with Crippen LogP contribution in [0.1, 0.15) is 16.7 Å². The third-order valence-corrected chi connectivity index (χ3v) is 3.14. The van der Waals surface area contributed by atoms with E-state index in [0.29, 0.717) is 16.9 Å². The molecule has 0 N–H and O–H groups in total. The van der Waals surface area contributed by atoms with E-state index in [1.807, 2.05) is 6.07 Å². The second-order valence-corrected chi connectivity index (χ2v) is 4.70. The summed E-state index contributed by atoms with van der Waals surface area (Å²) in [6.07, 6.45) is -4.39. The largest absolute Gasteiger partial charge is 0.489 e. The first kappa shape index (κ1) is 17.3. The molecule has 0 amide bonds. The highest BCUT2D eigenvalue weighted by molar-refractivity contribution is 6.12. The standard InChI is InChI=1S/C17H13F3N2O2/c1-23-22-16(10-21)15-5-3-2-4-12(15)11-24-14-8-6-13(7-9-14)17(18,19)20/h2-9H,11H2,1H3. The van der Waals surface area contributed by atoms with Crippen LogP contribution in [0, 0.1) is 11.3 Å². The van der Waals surface area contributed by atoms with Crippen LogP contribution in [0.2, 0.25) is 0 Å². The number of benzene rings is 2. The van der Waals surface area contributed by atoms with E-state index in [2.05, 4.69) is 9.99 Å². The smallest absolute Gasteiger partial charge is 0.416 e. The van der Waals surface area contributed by atoms with Crippen molar-refractivity contribution in [1.29, 1.82) is 5.26 Å². The molecular formula is C17H13F3N2O2. The van der Waals surface area contributed by atoms with Gasteiger partial charge in [-0.15, -0.1) is 0 Å². The lowest BCUT2D eigenvalue weighted by Gasteiger charge is -2.11. The maximum atomic E-state index is 12.5. The van der Waals surface area contributed by atoms with Crippen molar-refractivity contribution in [2.24, 2.45) is 5.16 Å². The summed E-state index contributed by atoms with van der Waals surface area (Å²) in [5.74, 6) is 0.292. The van der Waals surface area contributed by atoms with Gasteiger partial charge in [0.05, 0.1) is 5.56 Å². The SMILES string of the molecule is CON=C(C#N)c1ccccc1COc1ccc(C(F)(F)F)cc1. The number of hydrogen-bond acceptors (Lipinski definition) is 4. The summed E-state index contributed by atoms with van der Waals surface area (Å²) in [5.41, 5.74) is 0.543. The van der Waals surface area contributed by atoms with E-state index in [-0.39, 0.29) is 12.3 Å². The third kappa shape index (κ3) is 4.26. The summed E-state index contributed by atoms with van der Waals surface area (Å²) in [7, 11) is 1.33. The molecule has 0 aliphatic rings. The minimum Gasteiger partial charge on any atom is -0.489 e. The van der Waals surface area contributed by atoms with Crippen LogP contribution < -0.4 is 4.74 Å². The zero-order chi connectivity index (χ0) is 17.6. The predicted molar refractivity (Wildman–Crippen MR) is 81.4 cm³/mol. The second-order valence-electron chi connectivity index (χ2n) is 4.70. The highest BCUT2D eigenvalue weighted by Gasteiger charge is 2.30. The minimum atomic E-state index is -4.39. The van der Waals surface area contributed by atoms with E-state index in [1.54, 1.807) is 24.3 Å². The molecule has 0 heterocycles. The summed E-state index contributed by atoms with van der Waals surface area (Å²) in [6, 6.07) is 13.3. The van der Waals surface area contributed by atoms with Crippen LogP contribution in [-0.2, 0) is 17.6 Å². The van der Waals surface area contributed by atoms with E-state index >= 15 is 0 Å². The quantitative estimate of drug-likeness (QED) is 0.609. The molecule has 7 heteroatoms. The average molecular weight is 334 g/mol. The van der Waals surface area contributed by atoms with Crippen molar-refractivity contribution in [3.63, 3.8) is 0 Å². The van der Waals surface area contributed by atoms with Crippen LogP contribution in [-0.4, -0.2) is 12.8 Å². The van der Waals surface area contributed by atoms with E-state index in [4.69, 9.17) is 10.00 Å². The van der Waals surface area contributed by atoms with E-state index in [0.717, 1.165) is 12.1 Å². The van der Waals surface area contributed by atoms with Crippen molar-refractivity contribution in [3.8, 4) is 11.8 Å². The van der Waals surface area contributed by atoms with Crippen LogP contribution in [0.4, 0.5) is 13.2 Å². The monoisotopic (exact) mass is 334 g/mol. The van der Waals surface area contributed by atoms with Gasteiger partial charge in [-0.2, -0.15) is 18.4 Å². The Kier molecular flexibility index (Phi) is 5.42. The lowest BCUT2D eigenvalue weighted by Crippen LogP contribution is -2.07. The zero-order valence-corrected chi connectivity index (χ0v) is 12.7. The minimum absolute atomic E-state index is 0.0753. The maximum Gasteiger partial charge on any atom is 0.416 e. The van der Waals surface area contributed by atoms with Crippen LogP contribution in [0.3, 0.4) is 0 Å². The molecule has 0 aliphatic heterocycles. The molecule has 124 valence electrons. The molecule has 0 spiro atoms. The molecule has 0 bridgehead atoms. The number of halogens is 3. The van der Waals surface area contributed by atoms with Gasteiger partial charge in [0.1, 0.15) is 25.5 Å². The summed E-state index contributed by atoms with van der Waals surface area (Å²) >= 11 is 0. The summed E-state index contributed by atoms with van der Waals surface area (Å²) in [6.45, 7) is 0.0753. The fourth-order valence-corrected chi connectivity index (χ4v) is 2.00. The zero-order valence-electron chi connectivity index (χ0n) is 12.7. The highest BCUT2D eigenvalue weighted by Crippen LogP contribution is 2.30. The Morgan fingerprint density at radius 1 is 1.12 bits per heavy atom. The lowest BCUT2D eigenvalue weighted by molar-refractivity contribution is -0.137. The van der Waals surface area contributed by atoms with Gasteiger partial charge in [0, 0.05) is 5.56 Å². The number of alkyl halides is 3. The Bertz CT molecular complexity index is 763. The van der Waals surface area contributed by atoms with Crippen molar-refractivity contribution in [3.05, 3.63) is 65.2 Å². The van der Waals surface area contributed by atoms with Gasteiger partial charge in [-0.1, -0.05) is 29.4 Å². The summed E-state index contributed by atoms with van der Waals surface area (Å²) < 4.78 is 43.1. The molecular weight excluding hydrogens is 321 g/mol. The van der Waals surface area contributed by atoms with E-state index in [1.165, 1.54) is 19.2 Å². The fraction of sp³-hybridized carbons (Fsp3) is 0.176. The highest BCUT2D eigenvalue weighted by atomic mass is 19.4. The van der Waals surface area contributed by atoms with Gasteiger partial charge in [-0.3, -0.25) is 0 Å². The number of oxime groups is 1. The molecule has 0 saturated heterocycles. The molecule has 0 fully saturated rings. The Balaban J connectivity index is 2.16. The van der Waals surface area contributed by atoms with Gasteiger partial charge in [0.25, 0.3) is 0 Å². The second kappa shape index (κ2) is 7.51. The molecule has 0 aliphatic carbocycles. The Hall–Kier alpha value is -3.01. The van der Waals surface area contributed by atoms with Gasteiger partial charge in [-0.05, 0) is 29.8 Å². The summed E-state index contributed by atoms with van der Waals surface area (Å²) in [5, 5.41) is 12.8. The Labute approximate surface area is 136 Å². The molecule has 0 aromatic heterocycles. The van der Waals surface area contributed by atoms with Crippen LogP contribution in [0.25, 0.3) is 0 Å². The molecule has 24 heavy (non-hydrogen) atoms. The number of hydrogen-bond donors (Lipinski definition) is 0. The lowest BCUT2D eigenvalue weighted by atomic mass is 10.0. The number of rotatable bonds is 5. The molecule has 0 unspecified atom stereocenters. The Morgan fingerprint density at radius 3 is 2.38 bits per heavy atom.